The minimum absolute atomic E-state index is 0.0367. The lowest BCUT2D eigenvalue weighted by Crippen LogP contribution is -2.05. The first-order valence-electron chi connectivity index (χ1n) is 6.13. The van der Waals surface area contributed by atoms with E-state index in [-0.39, 0.29) is 5.92 Å². The zero-order valence-corrected chi connectivity index (χ0v) is 10.4. The molecular formula is C16H12O3. The van der Waals surface area contributed by atoms with Gasteiger partial charge in [0, 0.05) is 5.92 Å². The van der Waals surface area contributed by atoms with Crippen LogP contribution in [-0.4, -0.2) is 11.9 Å². The number of carbonyl (C=O) groups excluding carboxylic acids is 2. The third kappa shape index (κ3) is 1.83. The average molecular weight is 252 g/mol. The standard InChI is InChI=1S/C16H12O3/c1-10(11-6-3-2-4-7-11)12-8-5-9-13-14(12)16(18)19-15(13)17/h2-10H,1H3. The van der Waals surface area contributed by atoms with Crippen LogP contribution in [0, 0.1) is 0 Å². The lowest BCUT2D eigenvalue weighted by atomic mass is 9.88. The van der Waals surface area contributed by atoms with E-state index in [0.29, 0.717) is 11.1 Å². The zero-order valence-electron chi connectivity index (χ0n) is 10.4. The zero-order chi connectivity index (χ0) is 13.4. The van der Waals surface area contributed by atoms with Gasteiger partial charge in [-0.15, -0.1) is 0 Å². The molecule has 1 aliphatic rings. The van der Waals surface area contributed by atoms with Crippen LogP contribution in [0.2, 0.25) is 0 Å². The summed E-state index contributed by atoms with van der Waals surface area (Å²) >= 11 is 0. The van der Waals surface area contributed by atoms with E-state index < -0.39 is 11.9 Å². The summed E-state index contributed by atoms with van der Waals surface area (Å²) < 4.78 is 4.68. The lowest BCUT2D eigenvalue weighted by molar-refractivity contribution is 0.0443. The van der Waals surface area contributed by atoms with E-state index in [4.69, 9.17) is 0 Å². The van der Waals surface area contributed by atoms with Gasteiger partial charge in [-0.25, -0.2) is 9.59 Å². The Bertz CT molecular complexity index is 659. The van der Waals surface area contributed by atoms with E-state index in [0.717, 1.165) is 11.1 Å². The second-order valence-corrected chi connectivity index (χ2v) is 4.58. The summed E-state index contributed by atoms with van der Waals surface area (Å²) in [6.07, 6.45) is 0. The van der Waals surface area contributed by atoms with Crippen LogP contribution < -0.4 is 0 Å². The molecule has 1 heterocycles. The van der Waals surface area contributed by atoms with Crippen molar-refractivity contribution in [3.8, 4) is 0 Å². The van der Waals surface area contributed by atoms with Crippen molar-refractivity contribution in [2.24, 2.45) is 0 Å². The number of benzene rings is 2. The number of cyclic esters (lactones) is 2. The smallest absolute Gasteiger partial charge is 0.347 e. The third-order valence-corrected chi connectivity index (χ3v) is 3.47. The molecule has 19 heavy (non-hydrogen) atoms. The molecule has 1 atom stereocenters. The highest BCUT2D eigenvalue weighted by Gasteiger charge is 2.33. The molecule has 0 saturated heterocycles. The Kier molecular flexibility index (Phi) is 2.67. The Balaban J connectivity index is 2.13. The Morgan fingerprint density at radius 2 is 1.63 bits per heavy atom. The molecule has 0 radical (unpaired) electrons. The number of fused-ring (bicyclic) bond motifs is 1. The van der Waals surface area contributed by atoms with Gasteiger partial charge in [0.1, 0.15) is 0 Å². The predicted octanol–water partition coefficient (Wildman–Crippen LogP) is 3.15. The predicted molar refractivity (Wildman–Crippen MR) is 70.1 cm³/mol. The van der Waals surface area contributed by atoms with Gasteiger partial charge in [0.25, 0.3) is 0 Å². The highest BCUT2D eigenvalue weighted by Crippen LogP contribution is 2.32. The van der Waals surface area contributed by atoms with Gasteiger partial charge in [-0.3, -0.25) is 0 Å². The van der Waals surface area contributed by atoms with E-state index in [1.54, 1.807) is 12.1 Å². The molecule has 0 spiro atoms. The normalized spacial score (nSPS) is 15.0. The molecule has 0 aromatic heterocycles. The van der Waals surface area contributed by atoms with Crippen LogP contribution in [0.5, 0.6) is 0 Å². The molecule has 0 fully saturated rings. The number of hydrogen-bond acceptors (Lipinski definition) is 3. The van der Waals surface area contributed by atoms with Crippen molar-refractivity contribution in [2.75, 3.05) is 0 Å². The maximum absolute atomic E-state index is 11.8. The molecule has 0 aliphatic carbocycles. The van der Waals surface area contributed by atoms with E-state index in [2.05, 4.69) is 4.74 Å². The topological polar surface area (TPSA) is 43.4 Å². The van der Waals surface area contributed by atoms with Gasteiger partial charge in [0.2, 0.25) is 0 Å². The third-order valence-electron chi connectivity index (χ3n) is 3.47. The van der Waals surface area contributed by atoms with Crippen LogP contribution in [0.4, 0.5) is 0 Å². The van der Waals surface area contributed by atoms with Gasteiger partial charge in [-0.05, 0) is 17.2 Å². The summed E-state index contributed by atoms with van der Waals surface area (Å²) in [6.45, 7) is 2.01. The molecule has 1 aliphatic heterocycles. The Hall–Kier alpha value is -2.42. The van der Waals surface area contributed by atoms with Gasteiger partial charge in [-0.2, -0.15) is 0 Å². The highest BCUT2D eigenvalue weighted by atomic mass is 16.6. The van der Waals surface area contributed by atoms with E-state index in [9.17, 15) is 9.59 Å². The summed E-state index contributed by atoms with van der Waals surface area (Å²) in [6, 6.07) is 15.2. The molecule has 2 aromatic rings. The molecule has 0 amide bonds. The molecule has 3 nitrogen and oxygen atoms in total. The number of ether oxygens (including phenoxy) is 1. The van der Waals surface area contributed by atoms with Crippen molar-refractivity contribution in [3.05, 3.63) is 70.8 Å². The highest BCUT2D eigenvalue weighted by molar-refractivity contribution is 6.15. The Labute approximate surface area is 110 Å². The van der Waals surface area contributed by atoms with Gasteiger partial charge in [-0.1, -0.05) is 49.4 Å². The van der Waals surface area contributed by atoms with Gasteiger partial charge in [0.15, 0.2) is 0 Å². The summed E-state index contributed by atoms with van der Waals surface area (Å²) in [4.78, 5) is 23.3. The first-order valence-corrected chi connectivity index (χ1v) is 6.13. The number of carbonyl (C=O) groups is 2. The van der Waals surface area contributed by atoms with Gasteiger partial charge < -0.3 is 4.74 Å². The van der Waals surface area contributed by atoms with Gasteiger partial charge >= 0.3 is 11.9 Å². The number of rotatable bonds is 2. The summed E-state index contributed by atoms with van der Waals surface area (Å²) in [5, 5.41) is 0. The quantitative estimate of drug-likeness (QED) is 0.609. The number of esters is 2. The van der Waals surface area contributed by atoms with Crippen LogP contribution in [0.15, 0.2) is 48.5 Å². The maximum Gasteiger partial charge on any atom is 0.347 e. The van der Waals surface area contributed by atoms with E-state index in [1.165, 1.54) is 0 Å². The molecule has 94 valence electrons. The minimum Gasteiger partial charge on any atom is -0.386 e. The molecule has 2 aromatic carbocycles. The fourth-order valence-electron chi connectivity index (χ4n) is 2.44. The molecule has 1 unspecified atom stereocenters. The van der Waals surface area contributed by atoms with Crippen LogP contribution >= 0.6 is 0 Å². The molecule has 3 heteroatoms. The molecule has 0 saturated carbocycles. The van der Waals surface area contributed by atoms with Crippen LogP contribution in [0.1, 0.15) is 44.7 Å². The summed E-state index contributed by atoms with van der Waals surface area (Å²) in [5.74, 6) is -1.06. The fraction of sp³-hybridized carbons (Fsp3) is 0.125. The molecule has 0 bridgehead atoms. The van der Waals surface area contributed by atoms with Crippen molar-refractivity contribution >= 4 is 11.9 Å². The largest absolute Gasteiger partial charge is 0.386 e. The van der Waals surface area contributed by atoms with Crippen molar-refractivity contribution in [1.82, 2.24) is 0 Å². The molecular weight excluding hydrogens is 240 g/mol. The summed E-state index contributed by atoms with van der Waals surface area (Å²) in [7, 11) is 0. The Morgan fingerprint density at radius 1 is 0.895 bits per heavy atom. The van der Waals surface area contributed by atoms with E-state index in [1.807, 2.05) is 43.3 Å². The average Bonchev–Trinajstić information content (AvgIpc) is 2.74. The lowest BCUT2D eigenvalue weighted by Gasteiger charge is -2.14. The fourth-order valence-corrected chi connectivity index (χ4v) is 2.44. The van der Waals surface area contributed by atoms with Gasteiger partial charge in [0.05, 0.1) is 11.1 Å². The monoisotopic (exact) mass is 252 g/mol. The second kappa shape index (κ2) is 4.35. The molecule has 0 N–H and O–H groups in total. The van der Waals surface area contributed by atoms with Crippen LogP contribution in [-0.2, 0) is 4.74 Å². The van der Waals surface area contributed by atoms with Crippen molar-refractivity contribution in [3.63, 3.8) is 0 Å². The first-order chi connectivity index (χ1) is 9.18. The minimum atomic E-state index is -0.554. The van der Waals surface area contributed by atoms with Crippen molar-refractivity contribution in [1.29, 1.82) is 0 Å². The van der Waals surface area contributed by atoms with Crippen LogP contribution in [0.3, 0.4) is 0 Å². The number of hydrogen-bond donors (Lipinski definition) is 0. The van der Waals surface area contributed by atoms with Crippen molar-refractivity contribution < 1.29 is 14.3 Å². The maximum atomic E-state index is 11.8. The second-order valence-electron chi connectivity index (χ2n) is 4.58. The van der Waals surface area contributed by atoms with Crippen LogP contribution in [0.25, 0.3) is 0 Å². The Morgan fingerprint density at radius 3 is 2.37 bits per heavy atom. The SMILES string of the molecule is CC(c1ccccc1)c1cccc2c1C(=O)OC2=O. The van der Waals surface area contributed by atoms with E-state index >= 15 is 0 Å². The summed E-state index contributed by atoms with van der Waals surface area (Å²) in [5.41, 5.74) is 2.71. The first kappa shape index (κ1) is 11.7. The molecule has 3 rings (SSSR count). The van der Waals surface area contributed by atoms with Crippen molar-refractivity contribution in [2.45, 2.75) is 12.8 Å².